The summed E-state index contributed by atoms with van der Waals surface area (Å²) in [6, 6.07) is 0.478. The van der Waals surface area contributed by atoms with Gasteiger partial charge in [0.1, 0.15) is 5.82 Å². The number of nitrogens with zero attached hydrogens (tertiary/aromatic N) is 3. The summed E-state index contributed by atoms with van der Waals surface area (Å²) >= 11 is 0. The third kappa shape index (κ3) is 2.77. The largest absolute Gasteiger partial charge is 0.338 e. The molecule has 1 unspecified atom stereocenters. The van der Waals surface area contributed by atoms with Crippen molar-refractivity contribution < 1.29 is 0 Å². The van der Waals surface area contributed by atoms with Crippen LogP contribution in [0.2, 0.25) is 0 Å². The predicted molar refractivity (Wildman–Crippen MR) is 83.9 cm³/mol. The van der Waals surface area contributed by atoms with E-state index in [1.807, 2.05) is 12.4 Å². The minimum absolute atomic E-state index is 0.310. The standard InChI is InChI=1S/C16H30N4/c1-5-20(6-2)16(9-7-8-10-16)14(17-3)13-15-18-11-12-19(15)4/h11-12,14,17H,5-10,13H2,1-4H3. The molecule has 0 bridgehead atoms. The number of aryl methyl sites for hydroxylation is 1. The smallest absolute Gasteiger partial charge is 0.109 e. The third-order valence-corrected chi connectivity index (χ3v) is 5.17. The van der Waals surface area contributed by atoms with E-state index in [0.717, 1.165) is 19.5 Å². The van der Waals surface area contributed by atoms with Crippen LogP contribution in [0, 0.1) is 0 Å². The Morgan fingerprint density at radius 1 is 1.35 bits per heavy atom. The number of aromatic nitrogens is 2. The Balaban J connectivity index is 2.23. The van der Waals surface area contributed by atoms with Crippen molar-refractivity contribution in [3.8, 4) is 0 Å². The topological polar surface area (TPSA) is 33.1 Å². The van der Waals surface area contributed by atoms with Crippen LogP contribution in [0.1, 0.15) is 45.4 Å². The van der Waals surface area contributed by atoms with Gasteiger partial charge in [-0.15, -0.1) is 0 Å². The summed E-state index contributed by atoms with van der Waals surface area (Å²) in [5, 5.41) is 3.60. The zero-order valence-electron chi connectivity index (χ0n) is 13.5. The number of likely N-dealkylation sites (N-methyl/N-ethyl adjacent to an activating group) is 2. The molecule has 1 fully saturated rings. The molecule has 114 valence electrons. The van der Waals surface area contributed by atoms with Crippen LogP contribution in [0.3, 0.4) is 0 Å². The van der Waals surface area contributed by atoms with Gasteiger partial charge in [0.2, 0.25) is 0 Å². The van der Waals surface area contributed by atoms with Crippen molar-refractivity contribution in [1.29, 1.82) is 0 Å². The lowest BCUT2D eigenvalue weighted by molar-refractivity contribution is 0.0649. The summed E-state index contributed by atoms with van der Waals surface area (Å²) in [5.41, 5.74) is 0.310. The van der Waals surface area contributed by atoms with Crippen molar-refractivity contribution in [2.24, 2.45) is 7.05 Å². The molecule has 20 heavy (non-hydrogen) atoms. The van der Waals surface area contributed by atoms with E-state index in [-0.39, 0.29) is 0 Å². The van der Waals surface area contributed by atoms with E-state index < -0.39 is 0 Å². The quantitative estimate of drug-likeness (QED) is 0.830. The summed E-state index contributed by atoms with van der Waals surface area (Å²) < 4.78 is 2.15. The van der Waals surface area contributed by atoms with E-state index in [4.69, 9.17) is 0 Å². The van der Waals surface area contributed by atoms with Crippen LogP contribution in [0.25, 0.3) is 0 Å². The van der Waals surface area contributed by atoms with Gasteiger partial charge in [-0.25, -0.2) is 4.98 Å². The molecule has 0 spiro atoms. The first kappa shape index (κ1) is 15.5. The van der Waals surface area contributed by atoms with Crippen LogP contribution in [-0.4, -0.2) is 46.2 Å². The lowest BCUT2D eigenvalue weighted by Gasteiger charge is -2.46. The SMILES string of the molecule is CCN(CC)C1(C(Cc2nccn2C)NC)CCCC1. The number of rotatable bonds is 7. The zero-order chi connectivity index (χ0) is 14.6. The molecule has 0 amide bonds. The van der Waals surface area contributed by atoms with Crippen molar-refractivity contribution >= 4 is 0 Å². The molecule has 2 rings (SSSR count). The van der Waals surface area contributed by atoms with Crippen molar-refractivity contribution in [3.05, 3.63) is 18.2 Å². The van der Waals surface area contributed by atoms with Gasteiger partial charge in [-0.2, -0.15) is 0 Å². The second kappa shape index (κ2) is 6.72. The number of imidazole rings is 1. The van der Waals surface area contributed by atoms with E-state index >= 15 is 0 Å². The fourth-order valence-electron chi connectivity index (χ4n) is 4.06. The second-order valence-electron chi connectivity index (χ2n) is 5.98. The Kier molecular flexibility index (Phi) is 5.22. The highest BCUT2D eigenvalue weighted by Crippen LogP contribution is 2.39. The molecule has 1 aliphatic rings. The molecule has 1 N–H and O–H groups in total. The van der Waals surface area contributed by atoms with Crippen molar-refractivity contribution in [2.45, 2.75) is 57.5 Å². The summed E-state index contributed by atoms with van der Waals surface area (Å²) in [6.07, 6.45) is 10.3. The van der Waals surface area contributed by atoms with Crippen molar-refractivity contribution in [3.63, 3.8) is 0 Å². The van der Waals surface area contributed by atoms with E-state index in [9.17, 15) is 0 Å². The number of hydrogen-bond acceptors (Lipinski definition) is 3. The van der Waals surface area contributed by atoms with Gasteiger partial charge in [-0.3, -0.25) is 4.90 Å². The zero-order valence-corrected chi connectivity index (χ0v) is 13.5. The van der Waals surface area contributed by atoms with E-state index in [1.165, 1.54) is 31.5 Å². The van der Waals surface area contributed by atoms with Gasteiger partial charge >= 0.3 is 0 Å². The Hall–Kier alpha value is -0.870. The van der Waals surface area contributed by atoms with Crippen LogP contribution < -0.4 is 5.32 Å². The average Bonchev–Trinajstić information content (AvgIpc) is 3.08. The second-order valence-corrected chi connectivity index (χ2v) is 5.98. The molecule has 4 heteroatoms. The monoisotopic (exact) mass is 278 g/mol. The molecular formula is C16H30N4. The molecule has 1 heterocycles. The van der Waals surface area contributed by atoms with Crippen molar-refractivity contribution in [2.75, 3.05) is 20.1 Å². The molecule has 1 atom stereocenters. The maximum Gasteiger partial charge on any atom is 0.109 e. The van der Waals surface area contributed by atoms with Gasteiger partial charge < -0.3 is 9.88 Å². The van der Waals surface area contributed by atoms with Gasteiger partial charge in [-0.05, 0) is 33.0 Å². The highest BCUT2D eigenvalue weighted by atomic mass is 15.2. The van der Waals surface area contributed by atoms with Gasteiger partial charge in [0, 0.05) is 37.4 Å². The molecule has 1 aromatic rings. The van der Waals surface area contributed by atoms with Crippen LogP contribution in [0.5, 0.6) is 0 Å². The summed E-state index contributed by atoms with van der Waals surface area (Å²) in [4.78, 5) is 7.19. The van der Waals surface area contributed by atoms with Crippen LogP contribution in [0.4, 0.5) is 0 Å². The Bertz CT molecular complexity index is 402. The molecule has 1 aromatic heterocycles. The molecular weight excluding hydrogens is 248 g/mol. The van der Waals surface area contributed by atoms with Gasteiger partial charge in [0.25, 0.3) is 0 Å². The summed E-state index contributed by atoms with van der Waals surface area (Å²) in [6.45, 7) is 6.85. The lowest BCUT2D eigenvalue weighted by atomic mass is 9.83. The van der Waals surface area contributed by atoms with Gasteiger partial charge in [0.15, 0.2) is 0 Å². The maximum atomic E-state index is 4.52. The fraction of sp³-hybridized carbons (Fsp3) is 0.812. The van der Waals surface area contributed by atoms with Crippen molar-refractivity contribution in [1.82, 2.24) is 19.8 Å². The normalized spacial score (nSPS) is 19.6. The average molecular weight is 278 g/mol. The number of nitrogens with one attached hydrogen (secondary N) is 1. The molecule has 0 aliphatic heterocycles. The number of hydrogen-bond donors (Lipinski definition) is 1. The Morgan fingerprint density at radius 2 is 2.00 bits per heavy atom. The summed E-state index contributed by atoms with van der Waals surface area (Å²) in [5.74, 6) is 1.18. The molecule has 0 radical (unpaired) electrons. The molecule has 1 saturated carbocycles. The lowest BCUT2D eigenvalue weighted by Crippen LogP contribution is -2.60. The molecule has 0 aromatic carbocycles. The van der Waals surface area contributed by atoms with Gasteiger partial charge in [-0.1, -0.05) is 26.7 Å². The predicted octanol–water partition coefficient (Wildman–Crippen LogP) is 2.21. The first-order chi connectivity index (χ1) is 9.67. The summed E-state index contributed by atoms with van der Waals surface area (Å²) in [7, 11) is 4.20. The minimum atomic E-state index is 0.310. The Morgan fingerprint density at radius 3 is 2.45 bits per heavy atom. The highest BCUT2D eigenvalue weighted by Gasteiger charge is 2.44. The van der Waals surface area contributed by atoms with Crippen LogP contribution in [-0.2, 0) is 13.5 Å². The first-order valence-electron chi connectivity index (χ1n) is 8.06. The Labute approximate surface area is 123 Å². The fourth-order valence-corrected chi connectivity index (χ4v) is 4.06. The van der Waals surface area contributed by atoms with Crippen LogP contribution >= 0.6 is 0 Å². The van der Waals surface area contributed by atoms with Crippen LogP contribution in [0.15, 0.2) is 12.4 Å². The first-order valence-corrected chi connectivity index (χ1v) is 8.06. The molecule has 1 aliphatic carbocycles. The third-order valence-electron chi connectivity index (χ3n) is 5.17. The maximum absolute atomic E-state index is 4.52. The van der Waals surface area contributed by atoms with E-state index in [2.05, 4.69) is 47.7 Å². The minimum Gasteiger partial charge on any atom is -0.338 e. The molecule has 4 nitrogen and oxygen atoms in total. The van der Waals surface area contributed by atoms with E-state index in [1.54, 1.807) is 0 Å². The highest BCUT2D eigenvalue weighted by molar-refractivity contribution is 5.07. The van der Waals surface area contributed by atoms with E-state index in [0.29, 0.717) is 11.6 Å². The molecule has 0 saturated heterocycles. The van der Waals surface area contributed by atoms with Gasteiger partial charge in [0.05, 0.1) is 0 Å².